The van der Waals surface area contributed by atoms with Gasteiger partial charge in [-0.3, -0.25) is 0 Å². The average molecular weight is 233 g/mol. The number of hydrogen-bond acceptors (Lipinski definition) is 3. The number of carboxylic acid groups (broad SMARTS) is 1. The summed E-state index contributed by atoms with van der Waals surface area (Å²) in [5.74, 6) is -1.04. The molecule has 2 rings (SSSR count). The molecule has 1 unspecified atom stereocenters. The molecule has 1 aliphatic rings. The maximum absolute atomic E-state index is 11.3. The van der Waals surface area contributed by atoms with Gasteiger partial charge in [-0.2, -0.15) is 0 Å². The third kappa shape index (κ3) is 1.85. The van der Waals surface area contributed by atoms with E-state index in [1.54, 1.807) is 7.05 Å². The number of hydrogen-bond donors (Lipinski definition) is 3. The number of nitrogens with one attached hydrogen (secondary N) is 1. The molecule has 0 aromatic heterocycles. The fraction of sp³-hybridized carbons (Fsp3) is 0.417. The van der Waals surface area contributed by atoms with Crippen molar-refractivity contribution in [1.82, 2.24) is 5.32 Å². The van der Waals surface area contributed by atoms with Gasteiger partial charge < -0.3 is 15.4 Å². The second-order valence-electron chi connectivity index (χ2n) is 4.38. The van der Waals surface area contributed by atoms with Crippen LogP contribution in [0.5, 0.6) is 0 Å². The summed E-state index contributed by atoms with van der Waals surface area (Å²) in [6, 6.07) is 3.79. The van der Waals surface area contributed by atoms with Gasteiger partial charge in [-0.05, 0) is 36.5 Å². The van der Waals surface area contributed by atoms with Crippen molar-refractivity contribution in [3.63, 3.8) is 0 Å². The van der Waals surface area contributed by atoms with Crippen LogP contribution in [0.4, 0.5) is 0 Å². The number of carboxylic acids is 1. The van der Waals surface area contributed by atoms with Crippen molar-refractivity contribution in [1.29, 1.82) is 0 Å². The molecule has 0 amide bonds. The number of fused-ring (bicyclic) bond motifs is 1. The van der Waals surface area contributed by atoms with Gasteiger partial charge in [0.1, 0.15) is 0 Å². The fourth-order valence-corrected chi connectivity index (χ4v) is 2.58. The van der Waals surface area contributed by atoms with Crippen LogP contribution in [0.3, 0.4) is 0 Å². The van der Waals surface area contributed by atoms with Gasteiger partial charge in [0.15, 0.2) is 0 Å². The molecular formula is C12H16BNO3. The lowest BCUT2D eigenvalue weighted by Gasteiger charge is -2.12. The lowest BCUT2D eigenvalue weighted by atomic mass is 9.57. The fourth-order valence-electron chi connectivity index (χ4n) is 2.58. The Morgan fingerprint density at radius 2 is 2.29 bits per heavy atom. The SMILES string of the molecule is CCc1ccc2c(c1C(=O)O)B(O)C(NC)C2. The predicted octanol–water partition coefficient (Wildman–Crippen LogP) is -0.179. The molecule has 1 aliphatic heterocycles. The highest BCUT2D eigenvalue weighted by atomic mass is 16.4. The summed E-state index contributed by atoms with van der Waals surface area (Å²) >= 11 is 0. The number of aromatic carboxylic acids is 1. The van der Waals surface area contributed by atoms with Crippen LogP contribution in [0.25, 0.3) is 0 Å². The Kier molecular flexibility index (Phi) is 3.22. The first-order valence-corrected chi connectivity index (χ1v) is 5.83. The molecule has 1 aromatic rings. The molecule has 0 aliphatic carbocycles. The van der Waals surface area contributed by atoms with E-state index in [0.717, 1.165) is 11.1 Å². The number of rotatable bonds is 3. The van der Waals surface area contributed by atoms with Crippen molar-refractivity contribution in [2.24, 2.45) is 0 Å². The summed E-state index contributed by atoms with van der Waals surface area (Å²) in [6.45, 7) is 1.19. The molecule has 1 aromatic carbocycles. The van der Waals surface area contributed by atoms with Gasteiger partial charge in [0.25, 0.3) is 0 Å². The van der Waals surface area contributed by atoms with Crippen LogP contribution in [0, 0.1) is 0 Å². The van der Waals surface area contributed by atoms with Gasteiger partial charge in [-0.25, -0.2) is 4.79 Å². The van der Waals surface area contributed by atoms with Gasteiger partial charge in [0, 0.05) is 5.94 Å². The Morgan fingerprint density at radius 1 is 1.59 bits per heavy atom. The smallest absolute Gasteiger partial charge is 0.343 e. The van der Waals surface area contributed by atoms with Crippen molar-refractivity contribution in [3.8, 4) is 0 Å². The molecule has 0 saturated heterocycles. The Balaban J connectivity index is 2.59. The first-order chi connectivity index (χ1) is 8.10. The largest absolute Gasteiger partial charge is 0.478 e. The molecule has 1 atom stereocenters. The van der Waals surface area contributed by atoms with E-state index in [0.29, 0.717) is 18.3 Å². The lowest BCUT2D eigenvalue weighted by molar-refractivity contribution is 0.0697. The Bertz CT molecular complexity index is 461. The number of aryl methyl sites for hydroxylation is 1. The summed E-state index contributed by atoms with van der Waals surface area (Å²) in [7, 11) is 1.78. The molecule has 0 saturated carbocycles. The number of benzene rings is 1. The van der Waals surface area contributed by atoms with Crippen LogP contribution >= 0.6 is 0 Å². The van der Waals surface area contributed by atoms with Crippen LogP contribution in [-0.4, -0.2) is 36.0 Å². The maximum Gasteiger partial charge on any atom is 0.343 e. The second kappa shape index (κ2) is 4.51. The van der Waals surface area contributed by atoms with Crippen LogP contribution in [0.2, 0.25) is 0 Å². The highest BCUT2D eigenvalue weighted by Gasteiger charge is 2.38. The van der Waals surface area contributed by atoms with Gasteiger partial charge in [-0.1, -0.05) is 19.1 Å². The van der Waals surface area contributed by atoms with E-state index in [-0.39, 0.29) is 11.5 Å². The standard InChI is InChI=1S/C12H16BNO3/c1-3-7-4-5-8-6-9(14-2)13(17)11(8)10(7)12(15)16/h4-5,9,14,17H,3,6H2,1-2H3,(H,15,16). The van der Waals surface area contributed by atoms with Gasteiger partial charge >= 0.3 is 12.9 Å². The number of likely N-dealkylation sites (N-methyl/N-ethyl adjacent to an activating group) is 1. The Hall–Kier alpha value is -1.33. The minimum atomic E-state index is -0.950. The Morgan fingerprint density at radius 3 is 2.82 bits per heavy atom. The first-order valence-electron chi connectivity index (χ1n) is 5.83. The monoisotopic (exact) mass is 233 g/mol. The van der Waals surface area contributed by atoms with E-state index in [1.807, 2.05) is 19.1 Å². The summed E-state index contributed by atoms with van der Waals surface area (Å²) in [6.07, 6.45) is 1.34. The van der Waals surface area contributed by atoms with Crippen molar-refractivity contribution < 1.29 is 14.9 Å². The molecule has 90 valence electrons. The van der Waals surface area contributed by atoms with E-state index < -0.39 is 12.9 Å². The molecule has 0 bridgehead atoms. The average Bonchev–Trinajstić information content (AvgIpc) is 2.64. The predicted molar refractivity (Wildman–Crippen MR) is 66.9 cm³/mol. The zero-order valence-corrected chi connectivity index (χ0v) is 10.0. The van der Waals surface area contributed by atoms with Crippen LogP contribution in [0.15, 0.2) is 12.1 Å². The topological polar surface area (TPSA) is 69.6 Å². The molecule has 0 spiro atoms. The molecule has 0 fully saturated rings. The minimum absolute atomic E-state index is 0.0878. The summed E-state index contributed by atoms with van der Waals surface area (Å²) in [5, 5.41) is 22.5. The van der Waals surface area contributed by atoms with Gasteiger partial charge in [0.2, 0.25) is 0 Å². The van der Waals surface area contributed by atoms with Crippen molar-refractivity contribution in [2.75, 3.05) is 7.05 Å². The van der Waals surface area contributed by atoms with E-state index >= 15 is 0 Å². The van der Waals surface area contributed by atoms with Crippen LogP contribution in [-0.2, 0) is 12.8 Å². The van der Waals surface area contributed by atoms with Crippen molar-refractivity contribution in [2.45, 2.75) is 25.7 Å². The van der Waals surface area contributed by atoms with E-state index in [9.17, 15) is 14.9 Å². The maximum atomic E-state index is 11.3. The van der Waals surface area contributed by atoms with Crippen LogP contribution < -0.4 is 10.8 Å². The second-order valence-corrected chi connectivity index (χ2v) is 4.38. The molecular weight excluding hydrogens is 217 g/mol. The normalized spacial score (nSPS) is 18.3. The molecule has 5 heteroatoms. The van der Waals surface area contributed by atoms with Crippen LogP contribution in [0.1, 0.15) is 28.4 Å². The van der Waals surface area contributed by atoms with Crippen molar-refractivity contribution >= 4 is 18.3 Å². The molecule has 0 radical (unpaired) electrons. The molecule has 3 N–H and O–H groups in total. The highest BCUT2D eigenvalue weighted by Crippen LogP contribution is 2.19. The zero-order chi connectivity index (χ0) is 12.6. The third-order valence-corrected chi connectivity index (χ3v) is 3.50. The van der Waals surface area contributed by atoms with Gasteiger partial charge in [0.05, 0.1) is 5.56 Å². The number of carbonyl (C=O) groups is 1. The lowest BCUT2D eigenvalue weighted by Crippen LogP contribution is -2.46. The highest BCUT2D eigenvalue weighted by molar-refractivity contribution is 6.71. The summed E-state index contributed by atoms with van der Waals surface area (Å²) in [4.78, 5) is 11.3. The summed E-state index contributed by atoms with van der Waals surface area (Å²) < 4.78 is 0. The Labute approximate surface area is 101 Å². The summed E-state index contributed by atoms with van der Waals surface area (Å²) in [5.41, 5.74) is 2.60. The zero-order valence-electron chi connectivity index (χ0n) is 10.0. The van der Waals surface area contributed by atoms with Crippen molar-refractivity contribution in [3.05, 3.63) is 28.8 Å². The molecule has 4 nitrogen and oxygen atoms in total. The molecule has 1 heterocycles. The van der Waals surface area contributed by atoms with Gasteiger partial charge in [-0.15, -0.1) is 0 Å². The molecule has 17 heavy (non-hydrogen) atoms. The quantitative estimate of drug-likeness (QED) is 0.633. The van der Waals surface area contributed by atoms with E-state index in [2.05, 4.69) is 5.32 Å². The van der Waals surface area contributed by atoms with E-state index in [4.69, 9.17) is 0 Å². The van der Waals surface area contributed by atoms with E-state index in [1.165, 1.54) is 0 Å². The minimum Gasteiger partial charge on any atom is -0.478 e. The first kappa shape index (κ1) is 12.1. The third-order valence-electron chi connectivity index (χ3n) is 3.50.